The SMILES string of the molecule is OC1CCC(Nc2nc(Nc3ccc(F)cc3)ncc2C2CCN(Cc3ccccc3)CC2)CC1. The Morgan fingerprint density at radius 3 is 2.34 bits per heavy atom. The summed E-state index contributed by atoms with van der Waals surface area (Å²) in [6.45, 7) is 3.08. The fourth-order valence-electron chi connectivity index (χ4n) is 5.19. The van der Waals surface area contributed by atoms with Gasteiger partial charge in [-0.3, -0.25) is 4.90 Å². The van der Waals surface area contributed by atoms with Crippen molar-refractivity contribution in [2.24, 2.45) is 0 Å². The smallest absolute Gasteiger partial charge is 0.229 e. The number of aliphatic hydroxyl groups excluding tert-OH is 1. The third kappa shape index (κ3) is 6.35. The third-order valence-electron chi connectivity index (χ3n) is 7.23. The first-order valence-corrected chi connectivity index (χ1v) is 12.7. The molecule has 0 spiro atoms. The second-order valence-electron chi connectivity index (χ2n) is 9.82. The summed E-state index contributed by atoms with van der Waals surface area (Å²) in [5.41, 5.74) is 3.27. The van der Waals surface area contributed by atoms with Gasteiger partial charge in [0, 0.05) is 30.0 Å². The highest BCUT2D eigenvalue weighted by atomic mass is 19.1. The van der Waals surface area contributed by atoms with Crippen molar-refractivity contribution in [2.45, 2.75) is 63.1 Å². The molecule has 184 valence electrons. The van der Waals surface area contributed by atoms with Gasteiger partial charge in [-0.05, 0) is 87.4 Å². The Labute approximate surface area is 206 Å². The lowest BCUT2D eigenvalue weighted by molar-refractivity contribution is 0.126. The molecule has 0 bridgehead atoms. The summed E-state index contributed by atoms with van der Waals surface area (Å²) in [6.07, 6.45) is 7.39. The van der Waals surface area contributed by atoms with Crippen molar-refractivity contribution in [3.63, 3.8) is 0 Å². The number of nitrogens with zero attached hydrogens (tertiary/aromatic N) is 3. The number of aliphatic hydroxyl groups is 1. The van der Waals surface area contributed by atoms with Crippen LogP contribution in [-0.4, -0.2) is 45.2 Å². The van der Waals surface area contributed by atoms with Crippen LogP contribution >= 0.6 is 0 Å². The summed E-state index contributed by atoms with van der Waals surface area (Å²) < 4.78 is 13.3. The van der Waals surface area contributed by atoms with Crippen LogP contribution in [0.15, 0.2) is 60.8 Å². The minimum atomic E-state index is -0.271. The van der Waals surface area contributed by atoms with Crippen LogP contribution in [0.3, 0.4) is 0 Å². The summed E-state index contributed by atoms with van der Waals surface area (Å²) in [6, 6.07) is 17.2. The summed E-state index contributed by atoms with van der Waals surface area (Å²) in [7, 11) is 0. The summed E-state index contributed by atoms with van der Waals surface area (Å²) >= 11 is 0. The zero-order valence-corrected chi connectivity index (χ0v) is 20.0. The number of anilines is 3. The van der Waals surface area contributed by atoms with E-state index in [1.807, 2.05) is 6.20 Å². The fraction of sp³-hybridized carbons (Fsp3) is 0.429. The Bertz CT molecular complexity index is 1080. The standard InChI is InChI=1S/C28H34FN5O/c29-22-6-8-24(9-7-22)32-28-30-18-26(27(33-28)31-23-10-12-25(35)13-11-23)21-14-16-34(17-15-21)19-20-4-2-1-3-5-20/h1-9,18,21,23,25,35H,10-17,19H2,(H2,30,31,32,33). The number of benzene rings is 2. The summed E-state index contributed by atoms with van der Waals surface area (Å²) in [5.74, 6) is 1.51. The maximum Gasteiger partial charge on any atom is 0.229 e. The number of nitrogens with one attached hydrogen (secondary N) is 2. The molecule has 1 saturated carbocycles. The average Bonchev–Trinajstić information content (AvgIpc) is 2.88. The Morgan fingerprint density at radius 1 is 0.914 bits per heavy atom. The molecular formula is C28H34FN5O. The number of aromatic nitrogens is 2. The fourth-order valence-corrected chi connectivity index (χ4v) is 5.19. The zero-order chi connectivity index (χ0) is 24.0. The second-order valence-corrected chi connectivity index (χ2v) is 9.82. The molecule has 5 rings (SSSR count). The summed E-state index contributed by atoms with van der Waals surface area (Å²) in [4.78, 5) is 12.0. The topological polar surface area (TPSA) is 73.3 Å². The Morgan fingerprint density at radius 2 is 1.63 bits per heavy atom. The number of rotatable bonds is 7. The minimum Gasteiger partial charge on any atom is -0.393 e. The van der Waals surface area contributed by atoms with Gasteiger partial charge in [-0.15, -0.1) is 0 Å². The number of hydrogen-bond donors (Lipinski definition) is 3. The number of likely N-dealkylation sites (tertiary alicyclic amines) is 1. The molecule has 2 heterocycles. The van der Waals surface area contributed by atoms with Gasteiger partial charge in [0.2, 0.25) is 5.95 Å². The maximum absolute atomic E-state index is 13.3. The lowest BCUT2D eigenvalue weighted by Crippen LogP contribution is -2.33. The van der Waals surface area contributed by atoms with Crippen LogP contribution in [0.25, 0.3) is 0 Å². The van der Waals surface area contributed by atoms with E-state index in [1.165, 1.54) is 23.3 Å². The molecule has 35 heavy (non-hydrogen) atoms. The van der Waals surface area contributed by atoms with Gasteiger partial charge in [-0.1, -0.05) is 30.3 Å². The molecule has 2 aliphatic rings. The van der Waals surface area contributed by atoms with Crippen molar-refractivity contribution in [1.82, 2.24) is 14.9 Å². The second kappa shape index (κ2) is 11.1. The molecule has 2 fully saturated rings. The van der Waals surface area contributed by atoms with E-state index in [2.05, 4.69) is 50.8 Å². The van der Waals surface area contributed by atoms with Gasteiger partial charge in [0.1, 0.15) is 11.6 Å². The van der Waals surface area contributed by atoms with E-state index >= 15 is 0 Å². The number of halogens is 1. The van der Waals surface area contributed by atoms with Crippen LogP contribution in [0, 0.1) is 5.82 Å². The first kappa shape index (κ1) is 23.7. The Balaban J connectivity index is 1.30. The largest absolute Gasteiger partial charge is 0.393 e. The summed E-state index contributed by atoms with van der Waals surface area (Å²) in [5, 5.41) is 16.8. The van der Waals surface area contributed by atoms with Crippen LogP contribution in [0.4, 0.5) is 21.8 Å². The van der Waals surface area contributed by atoms with E-state index in [9.17, 15) is 9.50 Å². The number of hydrogen-bond acceptors (Lipinski definition) is 6. The predicted molar refractivity (Wildman–Crippen MR) is 137 cm³/mol. The van der Waals surface area contributed by atoms with Gasteiger partial charge >= 0.3 is 0 Å². The molecule has 0 unspecified atom stereocenters. The van der Waals surface area contributed by atoms with E-state index in [0.29, 0.717) is 17.9 Å². The molecule has 0 amide bonds. The lowest BCUT2D eigenvalue weighted by atomic mass is 9.89. The first-order valence-electron chi connectivity index (χ1n) is 12.7. The molecule has 6 nitrogen and oxygen atoms in total. The van der Waals surface area contributed by atoms with Gasteiger partial charge in [0.15, 0.2) is 0 Å². The van der Waals surface area contributed by atoms with Crippen LogP contribution < -0.4 is 10.6 Å². The molecule has 3 aromatic rings. The maximum atomic E-state index is 13.3. The molecule has 1 aliphatic carbocycles. The van der Waals surface area contributed by atoms with Gasteiger partial charge in [-0.2, -0.15) is 4.98 Å². The van der Waals surface area contributed by atoms with Gasteiger partial charge in [0.05, 0.1) is 6.10 Å². The van der Waals surface area contributed by atoms with E-state index in [1.54, 1.807) is 12.1 Å². The molecular weight excluding hydrogens is 441 g/mol. The number of piperidine rings is 1. The van der Waals surface area contributed by atoms with Crippen LogP contribution in [0.1, 0.15) is 55.6 Å². The normalized spacial score (nSPS) is 21.5. The highest BCUT2D eigenvalue weighted by molar-refractivity contribution is 5.57. The van der Waals surface area contributed by atoms with E-state index in [-0.39, 0.29) is 11.9 Å². The average molecular weight is 476 g/mol. The van der Waals surface area contributed by atoms with E-state index in [4.69, 9.17) is 4.98 Å². The van der Waals surface area contributed by atoms with Crippen molar-refractivity contribution in [2.75, 3.05) is 23.7 Å². The predicted octanol–water partition coefficient (Wildman–Crippen LogP) is 5.45. The van der Waals surface area contributed by atoms with Gasteiger partial charge in [-0.25, -0.2) is 9.37 Å². The first-order chi connectivity index (χ1) is 17.1. The van der Waals surface area contributed by atoms with E-state index in [0.717, 1.165) is 69.7 Å². The monoisotopic (exact) mass is 475 g/mol. The molecule has 2 aromatic carbocycles. The van der Waals surface area contributed by atoms with Crippen molar-refractivity contribution in [1.29, 1.82) is 0 Å². The Hall–Kier alpha value is -3.03. The van der Waals surface area contributed by atoms with Crippen molar-refractivity contribution < 1.29 is 9.50 Å². The minimum absolute atomic E-state index is 0.192. The molecule has 3 N–H and O–H groups in total. The van der Waals surface area contributed by atoms with Crippen LogP contribution in [0.5, 0.6) is 0 Å². The van der Waals surface area contributed by atoms with Gasteiger partial charge in [0.25, 0.3) is 0 Å². The zero-order valence-electron chi connectivity index (χ0n) is 20.0. The van der Waals surface area contributed by atoms with Crippen molar-refractivity contribution in [3.05, 3.63) is 77.7 Å². The van der Waals surface area contributed by atoms with Gasteiger partial charge < -0.3 is 15.7 Å². The molecule has 0 atom stereocenters. The molecule has 1 aromatic heterocycles. The molecule has 1 aliphatic heterocycles. The molecule has 7 heteroatoms. The highest BCUT2D eigenvalue weighted by Gasteiger charge is 2.26. The van der Waals surface area contributed by atoms with E-state index < -0.39 is 0 Å². The van der Waals surface area contributed by atoms with Crippen LogP contribution in [0.2, 0.25) is 0 Å². The van der Waals surface area contributed by atoms with Crippen molar-refractivity contribution >= 4 is 17.5 Å². The highest BCUT2D eigenvalue weighted by Crippen LogP contribution is 2.34. The molecule has 0 radical (unpaired) electrons. The lowest BCUT2D eigenvalue weighted by Gasteiger charge is -2.33. The quantitative estimate of drug-likeness (QED) is 0.422. The van der Waals surface area contributed by atoms with Crippen LogP contribution in [-0.2, 0) is 6.54 Å². The molecule has 1 saturated heterocycles. The van der Waals surface area contributed by atoms with Crippen molar-refractivity contribution in [3.8, 4) is 0 Å². The third-order valence-corrected chi connectivity index (χ3v) is 7.23. The Kier molecular flexibility index (Phi) is 7.54.